The first kappa shape index (κ1) is 11.8. The van der Waals surface area contributed by atoms with E-state index in [1.54, 1.807) is 0 Å². The van der Waals surface area contributed by atoms with Crippen molar-refractivity contribution in [2.24, 2.45) is 0 Å². The summed E-state index contributed by atoms with van der Waals surface area (Å²) in [6.45, 7) is 1.86. The van der Waals surface area contributed by atoms with Gasteiger partial charge in [0.1, 0.15) is 5.38 Å². The molecule has 1 fully saturated rings. The van der Waals surface area contributed by atoms with Crippen LogP contribution >= 0.6 is 11.6 Å². The molecule has 0 bridgehead atoms. The predicted octanol–water partition coefficient (Wildman–Crippen LogP) is 1.35. The van der Waals surface area contributed by atoms with Crippen LogP contribution in [0, 0.1) is 11.3 Å². The Hall–Kier alpha value is -0.300. The van der Waals surface area contributed by atoms with Crippen molar-refractivity contribution < 1.29 is 5.11 Å². The molecule has 0 spiro atoms. The van der Waals surface area contributed by atoms with E-state index < -0.39 is 5.38 Å². The van der Waals surface area contributed by atoms with Gasteiger partial charge in [0.25, 0.3) is 0 Å². The summed E-state index contributed by atoms with van der Waals surface area (Å²) in [7, 11) is 0. The van der Waals surface area contributed by atoms with Crippen LogP contribution in [0.5, 0.6) is 0 Å². The first-order valence-electron chi connectivity index (χ1n) is 5.16. The Morgan fingerprint density at radius 1 is 1.57 bits per heavy atom. The molecule has 1 saturated heterocycles. The second kappa shape index (κ2) is 6.23. The number of hydrogen-bond donors (Lipinski definition) is 1. The predicted molar refractivity (Wildman–Crippen MR) is 56.2 cm³/mol. The molecular weight excluding hydrogens is 200 g/mol. The monoisotopic (exact) mass is 216 g/mol. The molecule has 1 heterocycles. The molecule has 3 nitrogen and oxygen atoms in total. The summed E-state index contributed by atoms with van der Waals surface area (Å²) in [5, 5.41) is 17.1. The molecule has 80 valence electrons. The molecule has 0 amide bonds. The summed E-state index contributed by atoms with van der Waals surface area (Å²) in [6.07, 6.45) is 4.32. The van der Waals surface area contributed by atoms with E-state index in [0.29, 0.717) is 12.6 Å². The van der Waals surface area contributed by atoms with Crippen LogP contribution in [-0.4, -0.2) is 41.1 Å². The van der Waals surface area contributed by atoms with Crippen LogP contribution in [0.3, 0.4) is 0 Å². The lowest BCUT2D eigenvalue weighted by atomic mass is 9.99. The summed E-state index contributed by atoms with van der Waals surface area (Å²) in [6, 6.07) is 2.46. The summed E-state index contributed by atoms with van der Waals surface area (Å²) < 4.78 is 0. The first-order valence-corrected chi connectivity index (χ1v) is 5.60. The van der Waals surface area contributed by atoms with Crippen molar-refractivity contribution in [3.63, 3.8) is 0 Å². The Morgan fingerprint density at radius 3 is 3.00 bits per heavy atom. The Bertz CT molecular complexity index is 203. The molecule has 0 aromatic heterocycles. The Morgan fingerprint density at radius 2 is 2.36 bits per heavy atom. The van der Waals surface area contributed by atoms with Gasteiger partial charge in [0.2, 0.25) is 0 Å². The lowest BCUT2D eigenvalue weighted by molar-refractivity contribution is 0.122. The average Bonchev–Trinajstić information content (AvgIpc) is 2.21. The Balaban J connectivity index is 2.42. The molecule has 1 rings (SSSR count). The Labute approximate surface area is 90.3 Å². The smallest absolute Gasteiger partial charge is 0.133 e. The maximum Gasteiger partial charge on any atom is 0.133 e. The third kappa shape index (κ3) is 3.45. The summed E-state index contributed by atoms with van der Waals surface area (Å²) in [5.74, 6) is 0. The fraction of sp³-hybridized carbons (Fsp3) is 0.900. The van der Waals surface area contributed by atoms with E-state index in [9.17, 15) is 0 Å². The highest BCUT2D eigenvalue weighted by atomic mass is 35.5. The lowest BCUT2D eigenvalue weighted by Crippen LogP contribution is -2.42. The topological polar surface area (TPSA) is 47.3 Å². The number of piperidine rings is 1. The van der Waals surface area contributed by atoms with Crippen LogP contribution in [-0.2, 0) is 0 Å². The first-order chi connectivity index (χ1) is 6.77. The van der Waals surface area contributed by atoms with Crippen LogP contribution in [0.15, 0.2) is 0 Å². The highest BCUT2D eigenvalue weighted by Gasteiger charge is 2.23. The maximum absolute atomic E-state index is 8.90. The number of halogens is 1. The van der Waals surface area contributed by atoms with E-state index in [1.165, 1.54) is 12.8 Å². The van der Waals surface area contributed by atoms with E-state index in [2.05, 4.69) is 4.90 Å². The van der Waals surface area contributed by atoms with Gasteiger partial charge in [0.05, 0.1) is 6.07 Å². The Kier molecular flexibility index (Phi) is 5.24. The summed E-state index contributed by atoms with van der Waals surface area (Å²) in [4.78, 5) is 2.24. The van der Waals surface area contributed by atoms with E-state index in [0.717, 1.165) is 19.4 Å². The van der Waals surface area contributed by atoms with Crippen LogP contribution < -0.4 is 0 Å². The van der Waals surface area contributed by atoms with Gasteiger partial charge in [-0.05, 0) is 25.8 Å². The minimum absolute atomic E-state index is 0.223. The highest BCUT2D eigenvalue weighted by molar-refractivity contribution is 6.22. The number of alkyl halides is 1. The number of aliphatic hydroxyl groups excluding tert-OH is 1. The molecule has 1 aliphatic heterocycles. The minimum Gasteiger partial charge on any atom is -0.396 e. The van der Waals surface area contributed by atoms with Gasteiger partial charge >= 0.3 is 0 Å². The van der Waals surface area contributed by atoms with E-state index >= 15 is 0 Å². The molecule has 14 heavy (non-hydrogen) atoms. The molecule has 2 atom stereocenters. The second-order valence-electron chi connectivity index (χ2n) is 3.75. The molecule has 1 aliphatic rings. The van der Waals surface area contributed by atoms with Crippen molar-refractivity contribution in [3.05, 3.63) is 0 Å². The third-order valence-electron chi connectivity index (χ3n) is 2.75. The SMILES string of the molecule is N#CC(Cl)CN1CCCCC1CCO. The number of hydrogen-bond acceptors (Lipinski definition) is 3. The van der Waals surface area contributed by atoms with Gasteiger partial charge in [-0.15, -0.1) is 11.6 Å². The molecule has 0 aromatic rings. The number of rotatable bonds is 4. The average molecular weight is 217 g/mol. The van der Waals surface area contributed by atoms with Gasteiger partial charge in [-0.2, -0.15) is 5.26 Å². The quantitative estimate of drug-likeness (QED) is 0.722. The van der Waals surface area contributed by atoms with Gasteiger partial charge in [0, 0.05) is 19.2 Å². The van der Waals surface area contributed by atoms with Gasteiger partial charge < -0.3 is 5.11 Å². The summed E-state index contributed by atoms with van der Waals surface area (Å²) >= 11 is 5.80. The van der Waals surface area contributed by atoms with Crippen LogP contribution in [0.1, 0.15) is 25.7 Å². The molecule has 0 aliphatic carbocycles. The minimum atomic E-state index is -0.422. The fourth-order valence-corrected chi connectivity index (χ4v) is 2.20. The normalized spacial score (nSPS) is 25.6. The molecule has 0 aromatic carbocycles. The molecule has 0 radical (unpaired) electrons. The van der Waals surface area contributed by atoms with Crippen molar-refractivity contribution >= 4 is 11.6 Å². The van der Waals surface area contributed by atoms with Crippen LogP contribution in [0.4, 0.5) is 0 Å². The molecule has 0 saturated carbocycles. The van der Waals surface area contributed by atoms with Crippen molar-refractivity contribution in [1.29, 1.82) is 5.26 Å². The molecule has 1 N–H and O–H groups in total. The number of nitrogens with zero attached hydrogens (tertiary/aromatic N) is 2. The third-order valence-corrected chi connectivity index (χ3v) is 2.98. The standard InChI is InChI=1S/C10H17ClN2O/c11-9(7-12)8-13-5-2-1-3-10(13)4-6-14/h9-10,14H,1-6,8H2. The van der Waals surface area contributed by atoms with E-state index in [-0.39, 0.29) is 6.61 Å². The number of nitriles is 1. The zero-order valence-electron chi connectivity index (χ0n) is 8.32. The largest absolute Gasteiger partial charge is 0.396 e. The molecule has 2 unspecified atom stereocenters. The van der Waals surface area contributed by atoms with Crippen molar-refractivity contribution in [2.75, 3.05) is 19.7 Å². The zero-order chi connectivity index (χ0) is 10.4. The number of likely N-dealkylation sites (tertiary alicyclic amines) is 1. The molecule has 4 heteroatoms. The van der Waals surface area contributed by atoms with E-state index in [4.69, 9.17) is 22.0 Å². The lowest BCUT2D eigenvalue weighted by Gasteiger charge is -2.35. The fourth-order valence-electron chi connectivity index (χ4n) is 2.02. The van der Waals surface area contributed by atoms with Gasteiger partial charge in [-0.25, -0.2) is 0 Å². The highest BCUT2D eigenvalue weighted by Crippen LogP contribution is 2.20. The van der Waals surface area contributed by atoms with Gasteiger partial charge in [-0.1, -0.05) is 6.42 Å². The van der Waals surface area contributed by atoms with Crippen molar-refractivity contribution in [3.8, 4) is 6.07 Å². The van der Waals surface area contributed by atoms with Gasteiger partial charge in [0.15, 0.2) is 0 Å². The second-order valence-corrected chi connectivity index (χ2v) is 4.28. The maximum atomic E-state index is 8.90. The van der Waals surface area contributed by atoms with E-state index in [1.807, 2.05) is 6.07 Å². The van der Waals surface area contributed by atoms with Crippen LogP contribution in [0.2, 0.25) is 0 Å². The zero-order valence-corrected chi connectivity index (χ0v) is 9.08. The summed E-state index contributed by atoms with van der Waals surface area (Å²) in [5.41, 5.74) is 0. The number of aliphatic hydroxyl groups is 1. The van der Waals surface area contributed by atoms with Gasteiger partial charge in [-0.3, -0.25) is 4.90 Å². The molecular formula is C10H17ClN2O. The van der Waals surface area contributed by atoms with Crippen LogP contribution in [0.25, 0.3) is 0 Å². The van der Waals surface area contributed by atoms with Crippen molar-refractivity contribution in [1.82, 2.24) is 4.90 Å². The van der Waals surface area contributed by atoms with Crippen molar-refractivity contribution in [2.45, 2.75) is 37.1 Å².